The van der Waals surface area contributed by atoms with Crippen LogP contribution in [0.5, 0.6) is 0 Å². The van der Waals surface area contributed by atoms with Gasteiger partial charge in [0.15, 0.2) is 0 Å². The molecule has 2 aromatic rings. The first kappa shape index (κ1) is 11.7. The fourth-order valence-corrected chi connectivity index (χ4v) is 2.74. The molecule has 1 saturated carbocycles. The van der Waals surface area contributed by atoms with E-state index in [9.17, 15) is 4.39 Å². The second kappa shape index (κ2) is 4.73. The number of halogens is 1. The Kier molecular flexibility index (Phi) is 3.08. The minimum atomic E-state index is -0.201. The van der Waals surface area contributed by atoms with Crippen LogP contribution in [0.15, 0.2) is 28.7 Å². The molecule has 0 amide bonds. The monoisotopic (exact) mass is 247 g/mol. The normalized spacial score (nSPS) is 23.2. The van der Waals surface area contributed by atoms with Crippen molar-refractivity contribution in [1.29, 1.82) is 0 Å². The van der Waals surface area contributed by atoms with Gasteiger partial charge in [0, 0.05) is 11.3 Å². The number of benzene rings is 1. The van der Waals surface area contributed by atoms with Crippen LogP contribution in [0.4, 0.5) is 4.39 Å². The smallest absolute Gasteiger partial charge is 0.134 e. The van der Waals surface area contributed by atoms with Crippen LogP contribution >= 0.6 is 0 Å². The van der Waals surface area contributed by atoms with Gasteiger partial charge in [0.05, 0.1) is 0 Å². The maximum absolute atomic E-state index is 13.1. The average molecular weight is 247 g/mol. The molecule has 0 radical (unpaired) electrons. The third-order valence-corrected chi connectivity index (χ3v) is 3.94. The molecule has 0 bridgehead atoms. The van der Waals surface area contributed by atoms with Crippen molar-refractivity contribution in [2.75, 3.05) is 13.1 Å². The van der Waals surface area contributed by atoms with Gasteiger partial charge in [-0.25, -0.2) is 4.39 Å². The standard InChI is InChI=1S/C15H18FNO/c1-2-17-9-10-3-5-13(10)15-8-11-7-12(16)4-6-14(11)18-15/h4,6-8,10,13,17H,2-3,5,9H2,1H3. The Morgan fingerprint density at radius 3 is 2.94 bits per heavy atom. The van der Waals surface area contributed by atoms with Gasteiger partial charge in [-0.05, 0) is 56.1 Å². The zero-order chi connectivity index (χ0) is 12.5. The number of hydrogen-bond donors (Lipinski definition) is 1. The van der Waals surface area contributed by atoms with Gasteiger partial charge in [0.2, 0.25) is 0 Å². The van der Waals surface area contributed by atoms with Crippen molar-refractivity contribution in [2.45, 2.75) is 25.7 Å². The predicted octanol–water partition coefficient (Wildman–Crippen LogP) is 3.68. The molecule has 1 aromatic carbocycles. The number of rotatable bonds is 4. The van der Waals surface area contributed by atoms with Crippen LogP contribution in [-0.4, -0.2) is 13.1 Å². The van der Waals surface area contributed by atoms with E-state index in [0.29, 0.717) is 11.8 Å². The van der Waals surface area contributed by atoms with Gasteiger partial charge in [-0.2, -0.15) is 0 Å². The van der Waals surface area contributed by atoms with Crippen LogP contribution < -0.4 is 5.32 Å². The fraction of sp³-hybridized carbons (Fsp3) is 0.467. The molecule has 3 rings (SSSR count). The Balaban J connectivity index is 1.81. The summed E-state index contributed by atoms with van der Waals surface area (Å²) in [7, 11) is 0. The molecule has 96 valence electrons. The summed E-state index contributed by atoms with van der Waals surface area (Å²) in [6, 6.07) is 6.71. The van der Waals surface area contributed by atoms with E-state index >= 15 is 0 Å². The molecule has 2 unspecified atom stereocenters. The molecular formula is C15H18FNO. The summed E-state index contributed by atoms with van der Waals surface area (Å²) in [5.74, 6) is 1.98. The van der Waals surface area contributed by atoms with Crippen molar-refractivity contribution in [1.82, 2.24) is 5.32 Å². The van der Waals surface area contributed by atoms with Crippen molar-refractivity contribution in [3.05, 3.63) is 35.8 Å². The SMILES string of the molecule is CCNCC1CCC1c1cc2cc(F)ccc2o1. The second-order valence-corrected chi connectivity index (χ2v) is 5.08. The van der Waals surface area contributed by atoms with Gasteiger partial charge >= 0.3 is 0 Å². The average Bonchev–Trinajstić information content (AvgIpc) is 2.70. The van der Waals surface area contributed by atoms with Crippen molar-refractivity contribution in [2.24, 2.45) is 5.92 Å². The van der Waals surface area contributed by atoms with Gasteiger partial charge in [-0.3, -0.25) is 0 Å². The minimum Gasteiger partial charge on any atom is -0.461 e. The number of furan rings is 1. The van der Waals surface area contributed by atoms with E-state index < -0.39 is 0 Å². The Morgan fingerprint density at radius 2 is 2.22 bits per heavy atom. The molecule has 1 aliphatic carbocycles. The van der Waals surface area contributed by atoms with Crippen LogP contribution in [0.3, 0.4) is 0 Å². The fourth-order valence-electron chi connectivity index (χ4n) is 2.74. The topological polar surface area (TPSA) is 25.2 Å². The number of hydrogen-bond acceptors (Lipinski definition) is 2. The lowest BCUT2D eigenvalue weighted by Crippen LogP contribution is -2.33. The van der Waals surface area contributed by atoms with Crippen LogP contribution in [0, 0.1) is 11.7 Å². The summed E-state index contributed by atoms with van der Waals surface area (Å²) in [5, 5.41) is 4.27. The molecule has 3 heteroatoms. The summed E-state index contributed by atoms with van der Waals surface area (Å²) in [6.45, 7) is 4.18. The van der Waals surface area contributed by atoms with Crippen molar-refractivity contribution in [3.8, 4) is 0 Å². The summed E-state index contributed by atoms with van der Waals surface area (Å²) >= 11 is 0. The molecule has 18 heavy (non-hydrogen) atoms. The maximum Gasteiger partial charge on any atom is 0.134 e. The molecule has 1 aliphatic rings. The lowest BCUT2D eigenvalue weighted by atomic mass is 9.72. The zero-order valence-electron chi connectivity index (χ0n) is 10.6. The zero-order valence-corrected chi connectivity index (χ0v) is 10.6. The maximum atomic E-state index is 13.1. The first-order valence-electron chi connectivity index (χ1n) is 6.67. The lowest BCUT2D eigenvalue weighted by Gasteiger charge is -2.35. The highest BCUT2D eigenvalue weighted by Gasteiger charge is 2.34. The Labute approximate surface area is 106 Å². The van der Waals surface area contributed by atoms with E-state index in [1.54, 1.807) is 12.1 Å². The van der Waals surface area contributed by atoms with E-state index in [1.807, 2.05) is 6.07 Å². The highest BCUT2D eigenvalue weighted by atomic mass is 19.1. The van der Waals surface area contributed by atoms with Crippen molar-refractivity contribution >= 4 is 11.0 Å². The second-order valence-electron chi connectivity index (χ2n) is 5.08. The molecule has 0 spiro atoms. The van der Waals surface area contributed by atoms with E-state index in [-0.39, 0.29) is 5.82 Å². The van der Waals surface area contributed by atoms with E-state index in [0.717, 1.165) is 29.8 Å². The molecule has 1 heterocycles. The summed E-state index contributed by atoms with van der Waals surface area (Å²) < 4.78 is 19.0. The lowest BCUT2D eigenvalue weighted by molar-refractivity contribution is 0.220. The van der Waals surface area contributed by atoms with Gasteiger partial charge in [0.25, 0.3) is 0 Å². The van der Waals surface area contributed by atoms with Crippen molar-refractivity contribution < 1.29 is 8.81 Å². The summed E-state index contributed by atoms with van der Waals surface area (Å²) in [6.07, 6.45) is 2.43. The minimum absolute atomic E-state index is 0.201. The first-order valence-corrected chi connectivity index (χ1v) is 6.67. The van der Waals surface area contributed by atoms with Crippen LogP contribution in [-0.2, 0) is 0 Å². The molecular weight excluding hydrogens is 229 g/mol. The van der Waals surface area contributed by atoms with Gasteiger partial charge in [0.1, 0.15) is 17.2 Å². The van der Waals surface area contributed by atoms with E-state index in [1.165, 1.54) is 18.9 Å². The Morgan fingerprint density at radius 1 is 1.33 bits per heavy atom. The van der Waals surface area contributed by atoms with Gasteiger partial charge in [-0.1, -0.05) is 6.92 Å². The Bertz CT molecular complexity index is 548. The van der Waals surface area contributed by atoms with Gasteiger partial charge in [-0.15, -0.1) is 0 Å². The van der Waals surface area contributed by atoms with E-state index in [4.69, 9.17) is 4.42 Å². The van der Waals surface area contributed by atoms with E-state index in [2.05, 4.69) is 12.2 Å². The molecule has 2 nitrogen and oxygen atoms in total. The summed E-state index contributed by atoms with van der Waals surface area (Å²) in [5.41, 5.74) is 0.792. The molecule has 0 saturated heterocycles. The Hall–Kier alpha value is -1.35. The molecule has 1 N–H and O–H groups in total. The first-order chi connectivity index (χ1) is 8.78. The largest absolute Gasteiger partial charge is 0.461 e. The van der Waals surface area contributed by atoms with Gasteiger partial charge < -0.3 is 9.73 Å². The predicted molar refractivity (Wildman–Crippen MR) is 70.2 cm³/mol. The van der Waals surface area contributed by atoms with Crippen LogP contribution in [0.2, 0.25) is 0 Å². The third-order valence-electron chi connectivity index (χ3n) is 3.94. The van der Waals surface area contributed by atoms with Crippen molar-refractivity contribution in [3.63, 3.8) is 0 Å². The highest BCUT2D eigenvalue weighted by Crippen LogP contribution is 2.43. The molecule has 1 fully saturated rings. The molecule has 1 aromatic heterocycles. The summed E-state index contributed by atoms with van der Waals surface area (Å²) in [4.78, 5) is 0. The molecule has 2 atom stereocenters. The highest BCUT2D eigenvalue weighted by molar-refractivity contribution is 5.78. The number of fused-ring (bicyclic) bond motifs is 1. The quantitative estimate of drug-likeness (QED) is 0.891. The third kappa shape index (κ3) is 2.03. The van der Waals surface area contributed by atoms with Crippen LogP contribution in [0.25, 0.3) is 11.0 Å². The molecule has 0 aliphatic heterocycles. The number of nitrogens with one attached hydrogen (secondary N) is 1. The van der Waals surface area contributed by atoms with Crippen LogP contribution in [0.1, 0.15) is 31.4 Å².